The van der Waals surface area contributed by atoms with Crippen LogP contribution in [0.5, 0.6) is 0 Å². The van der Waals surface area contributed by atoms with Crippen LogP contribution in [0.25, 0.3) is 22.8 Å². The summed E-state index contributed by atoms with van der Waals surface area (Å²) in [6, 6.07) is 10.0. The van der Waals surface area contributed by atoms with Gasteiger partial charge in [0.15, 0.2) is 0 Å². The zero-order valence-corrected chi connectivity index (χ0v) is 12.2. The predicted octanol–water partition coefficient (Wildman–Crippen LogP) is 3.92. The maximum Gasteiger partial charge on any atom is 0.261 e. The van der Waals surface area contributed by atoms with Gasteiger partial charge in [0.1, 0.15) is 0 Å². The Bertz CT molecular complexity index is 745. The van der Waals surface area contributed by atoms with E-state index < -0.39 is 0 Å². The van der Waals surface area contributed by atoms with E-state index >= 15 is 0 Å². The van der Waals surface area contributed by atoms with Gasteiger partial charge in [-0.25, -0.2) is 0 Å². The fourth-order valence-corrected chi connectivity index (χ4v) is 2.89. The first kappa shape index (κ1) is 12.9. The van der Waals surface area contributed by atoms with E-state index in [0.29, 0.717) is 11.7 Å². The Morgan fingerprint density at radius 2 is 2.15 bits per heavy atom. The van der Waals surface area contributed by atoms with Gasteiger partial charge in [-0.3, -0.25) is 0 Å². The number of rotatable bonds is 3. The maximum atomic E-state index is 6.01. The summed E-state index contributed by atoms with van der Waals surface area (Å²) in [5.74, 6) is 1.07. The van der Waals surface area contributed by atoms with E-state index in [1.54, 1.807) is 11.3 Å². The van der Waals surface area contributed by atoms with Gasteiger partial charge in [-0.2, -0.15) is 4.98 Å². The smallest absolute Gasteiger partial charge is 0.261 e. The Kier molecular flexibility index (Phi) is 3.28. The van der Waals surface area contributed by atoms with Crippen LogP contribution in [-0.4, -0.2) is 10.1 Å². The van der Waals surface area contributed by atoms with Crippen molar-refractivity contribution < 1.29 is 4.52 Å². The normalized spacial score (nSPS) is 10.9. The van der Waals surface area contributed by atoms with Crippen LogP contribution >= 0.6 is 11.3 Å². The first-order valence-electron chi connectivity index (χ1n) is 6.46. The van der Waals surface area contributed by atoms with E-state index in [2.05, 4.69) is 17.1 Å². The van der Waals surface area contributed by atoms with Gasteiger partial charge in [0.05, 0.1) is 10.6 Å². The monoisotopic (exact) mass is 285 g/mol. The predicted molar refractivity (Wildman–Crippen MR) is 81.6 cm³/mol. The molecule has 5 heteroatoms. The molecule has 3 rings (SSSR count). The molecule has 102 valence electrons. The number of benzene rings is 1. The van der Waals surface area contributed by atoms with Crippen LogP contribution in [-0.2, 0) is 6.42 Å². The number of aryl methyl sites for hydroxylation is 2. The van der Waals surface area contributed by atoms with Crippen molar-refractivity contribution in [2.24, 2.45) is 0 Å². The Hall–Kier alpha value is -2.14. The Morgan fingerprint density at radius 3 is 2.85 bits per heavy atom. The second-order valence-corrected chi connectivity index (χ2v) is 5.81. The average molecular weight is 285 g/mol. The van der Waals surface area contributed by atoms with Gasteiger partial charge in [-0.1, -0.05) is 35.8 Å². The van der Waals surface area contributed by atoms with Gasteiger partial charge < -0.3 is 10.3 Å². The SMILES string of the molecule is CCc1cc(-c2nc(-c3cccc(C)c3)no2)c(N)s1. The lowest BCUT2D eigenvalue weighted by atomic mass is 10.1. The molecule has 20 heavy (non-hydrogen) atoms. The summed E-state index contributed by atoms with van der Waals surface area (Å²) in [7, 11) is 0. The number of nitrogens with zero attached hydrogens (tertiary/aromatic N) is 2. The van der Waals surface area contributed by atoms with Crippen molar-refractivity contribution in [2.45, 2.75) is 20.3 Å². The summed E-state index contributed by atoms with van der Waals surface area (Å²) >= 11 is 1.57. The molecule has 0 saturated carbocycles. The summed E-state index contributed by atoms with van der Waals surface area (Å²) in [5, 5.41) is 4.77. The molecule has 0 spiro atoms. The zero-order valence-electron chi connectivity index (χ0n) is 11.4. The molecule has 0 radical (unpaired) electrons. The molecule has 1 aromatic carbocycles. The third-order valence-corrected chi connectivity index (χ3v) is 4.20. The number of hydrogen-bond donors (Lipinski definition) is 1. The van der Waals surface area contributed by atoms with Gasteiger partial charge in [-0.15, -0.1) is 11.3 Å². The van der Waals surface area contributed by atoms with E-state index in [-0.39, 0.29) is 0 Å². The maximum absolute atomic E-state index is 6.01. The highest BCUT2D eigenvalue weighted by Crippen LogP contribution is 2.34. The first-order chi connectivity index (χ1) is 9.67. The van der Waals surface area contributed by atoms with Crippen LogP contribution in [0.1, 0.15) is 17.4 Å². The van der Waals surface area contributed by atoms with Gasteiger partial charge in [0.25, 0.3) is 5.89 Å². The molecule has 0 aliphatic rings. The Balaban J connectivity index is 1.99. The summed E-state index contributed by atoms with van der Waals surface area (Å²) in [6.07, 6.45) is 0.952. The van der Waals surface area contributed by atoms with Crippen LogP contribution in [0.3, 0.4) is 0 Å². The molecule has 0 unspecified atom stereocenters. The van der Waals surface area contributed by atoms with E-state index in [1.807, 2.05) is 37.3 Å². The Labute approximate surface area is 121 Å². The largest absolute Gasteiger partial charge is 0.390 e. The van der Waals surface area contributed by atoms with E-state index in [1.165, 1.54) is 4.88 Å². The van der Waals surface area contributed by atoms with Crippen molar-refractivity contribution >= 4 is 16.3 Å². The number of nitrogens with two attached hydrogens (primary N) is 1. The Morgan fingerprint density at radius 1 is 1.30 bits per heavy atom. The molecule has 0 amide bonds. The fraction of sp³-hybridized carbons (Fsp3) is 0.200. The molecule has 0 atom stereocenters. The number of nitrogen functional groups attached to an aromatic ring is 1. The molecule has 2 aromatic heterocycles. The molecule has 0 aliphatic carbocycles. The van der Waals surface area contributed by atoms with E-state index in [9.17, 15) is 0 Å². The quantitative estimate of drug-likeness (QED) is 0.792. The lowest BCUT2D eigenvalue weighted by Gasteiger charge is -1.95. The average Bonchev–Trinajstić information content (AvgIpc) is 3.05. The van der Waals surface area contributed by atoms with Crippen molar-refractivity contribution in [1.82, 2.24) is 10.1 Å². The lowest BCUT2D eigenvalue weighted by molar-refractivity contribution is 0.432. The number of hydrogen-bond acceptors (Lipinski definition) is 5. The van der Waals surface area contributed by atoms with Crippen LogP contribution in [0.15, 0.2) is 34.9 Å². The van der Waals surface area contributed by atoms with Crippen molar-refractivity contribution in [2.75, 3.05) is 5.73 Å². The van der Waals surface area contributed by atoms with Crippen molar-refractivity contribution in [1.29, 1.82) is 0 Å². The van der Waals surface area contributed by atoms with Gasteiger partial charge in [0, 0.05) is 10.4 Å². The standard InChI is InChI=1S/C15H15N3OS/c1-3-11-8-12(13(16)20-11)15-17-14(18-19-15)10-6-4-5-9(2)7-10/h4-8H,3,16H2,1-2H3. The highest BCUT2D eigenvalue weighted by molar-refractivity contribution is 7.16. The van der Waals surface area contributed by atoms with Crippen molar-refractivity contribution in [3.63, 3.8) is 0 Å². The first-order valence-corrected chi connectivity index (χ1v) is 7.28. The number of anilines is 1. The molecule has 4 nitrogen and oxygen atoms in total. The molecule has 0 aliphatic heterocycles. The minimum absolute atomic E-state index is 0.481. The highest BCUT2D eigenvalue weighted by atomic mass is 32.1. The minimum atomic E-state index is 0.481. The van der Waals surface area contributed by atoms with Crippen LogP contribution < -0.4 is 5.73 Å². The molecular weight excluding hydrogens is 270 g/mol. The fourth-order valence-electron chi connectivity index (χ4n) is 2.03. The topological polar surface area (TPSA) is 64.9 Å². The second kappa shape index (κ2) is 5.09. The second-order valence-electron chi connectivity index (χ2n) is 4.64. The van der Waals surface area contributed by atoms with Crippen LogP contribution in [0.2, 0.25) is 0 Å². The zero-order chi connectivity index (χ0) is 14.1. The molecule has 0 fully saturated rings. The van der Waals surface area contributed by atoms with Crippen molar-refractivity contribution in [3.05, 3.63) is 40.8 Å². The van der Waals surface area contributed by atoms with Gasteiger partial charge in [-0.05, 0) is 25.5 Å². The van der Waals surface area contributed by atoms with Crippen LogP contribution in [0, 0.1) is 6.92 Å². The summed E-state index contributed by atoms with van der Waals surface area (Å²) in [5.41, 5.74) is 8.96. The minimum Gasteiger partial charge on any atom is -0.390 e. The third-order valence-electron chi connectivity index (χ3n) is 3.09. The summed E-state index contributed by atoms with van der Waals surface area (Å²) in [6.45, 7) is 4.13. The molecule has 2 heterocycles. The lowest BCUT2D eigenvalue weighted by Crippen LogP contribution is -1.84. The van der Waals surface area contributed by atoms with E-state index in [0.717, 1.165) is 28.1 Å². The van der Waals surface area contributed by atoms with Crippen LogP contribution in [0.4, 0.5) is 5.00 Å². The molecule has 0 bridgehead atoms. The number of aromatic nitrogens is 2. The molecule has 0 saturated heterocycles. The highest BCUT2D eigenvalue weighted by Gasteiger charge is 2.15. The van der Waals surface area contributed by atoms with Gasteiger partial charge >= 0.3 is 0 Å². The third kappa shape index (κ3) is 2.32. The molecular formula is C15H15N3OS. The number of thiophene rings is 1. The van der Waals surface area contributed by atoms with E-state index in [4.69, 9.17) is 10.3 Å². The molecule has 3 aromatic rings. The summed E-state index contributed by atoms with van der Waals surface area (Å²) in [4.78, 5) is 5.66. The van der Waals surface area contributed by atoms with Gasteiger partial charge in [0.2, 0.25) is 5.82 Å². The van der Waals surface area contributed by atoms with Crippen molar-refractivity contribution in [3.8, 4) is 22.8 Å². The molecule has 2 N–H and O–H groups in total. The summed E-state index contributed by atoms with van der Waals surface area (Å²) < 4.78 is 5.35.